The van der Waals surface area contributed by atoms with Crippen LogP contribution in [0.1, 0.15) is 56.2 Å². The highest BCUT2D eigenvalue weighted by Gasteiger charge is 2.19. The van der Waals surface area contributed by atoms with Crippen LogP contribution >= 0.6 is 31.9 Å². The molecule has 7 rings (SSSR count). The summed E-state index contributed by atoms with van der Waals surface area (Å²) in [5.41, 5.74) is 19.5. The first-order valence-corrected chi connectivity index (χ1v) is 16.3. The van der Waals surface area contributed by atoms with E-state index < -0.39 is 0 Å². The van der Waals surface area contributed by atoms with Gasteiger partial charge < -0.3 is 9.97 Å². The third-order valence-corrected chi connectivity index (χ3v) is 10.1. The van der Waals surface area contributed by atoms with E-state index in [9.17, 15) is 0 Å². The summed E-state index contributed by atoms with van der Waals surface area (Å²) in [6.45, 7) is 13.0. The minimum absolute atomic E-state index is 0.873. The number of aromatic amines is 2. The molecule has 2 aliphatic heterocycles. The van der Waals surface area contributed by atoms with Crippen molar-refractivity contribution in [2.45, 2.75) is 41.5 Å². The van der Waals surface area contributed by atoms with Crippen molar-refractivity contribution < 1.29 is 0 Å². The van der Waals surface area contributed by atoms with Crippen molar-refractivity contribution in [1.82, 2.24) is 19.9 Å². The number of fused-ring (bicyclic) bond motifs is 8. The van der Waals surface area contributed by atoms with Crippen LogP contribution in [0.3, 0.4) is 0 Å². The number of nitrogens with zero attached hydrogens (tertiary/aromatic N) is 2. The number of halogens is 2. The molecule has 5 aromatic rings. The van der Waals surface area contributed by atoms with Crippen molar-refractivity contribution in [3.63, 3.8) is 0 Å². The van der Waals surface area contributed by atoms with Crippen LogP contribution in [0, 0.1) is 41.5 Å². The molecular weight excluding hydrogens is 672 g/mol. The lowest BCUT2D eigenvalue weighted by molar-refractivity contribution is 1.27. The SMILES string of the molecule is Cc1cc(C)c(-c2c3nc(c(Br)c4ccc([nH]4)c(-c4c(C)cc(C)cc4C)c4nc(c(Br)c5ccc2[nH]5)C=C4)C=C3)c(C)c1. The summed E-state index contributed by atoms with van der Waals surface area (Å²) in [6.07, 6.45) is 8.42. The summed E-state index contributed by atoms with van der Waals surface area (Å²) in [7, 11) is 0. The lowest BCUT2D eigenvalue weighted by Gasteiger charge is -2.13. The van der Waals surface area contributed by atoms with E-state index in [0.717, 1.165) is 64.9 Å². The zero-order chi connectivity index (χ0) is 30.9. The van der Waals surface area contributed by atoms with Gasteiger partial charge in [-0.05, 0) is 155 Å². The second kappa shape index (κ2) is 10.9. The summed E-state index contributed by atoms with van der Waals surface area (Å²) in [5, 5.41) is 0. The Labute approximate surface area is 274 Å². The molecule has 0 spiro atoms. The monoisotopic (exact) mass is 702 g/mol. The molecule has 0 fully saturated rings. The van der Waals surface area contributed by atoms with Gasteiger partial charge in [0.1, 0.15) is 0 Å². The second-order valence-electron chi connectivity index (χ2n) is 11.9. The topological polar surface area (TPSA) is 57.4 Å². The number of rotatable bonds is 2. The second-order valence-corrected chi connectivity index (χ2v) is 13.5. The van der Waals surface area contributed by atoms with Gasteiger partial charge in [-0.15, -0.1) is 0 Å². The van der Waals surface area contributed by atoms with Gasteiger partial charge >= 0.3 is 0 Å². The summed E-state index contributed by atoms with van der Waals surface area (Å²) >= 11 is 7.81. The molecule has 2 aromatic carbocycles. The van der Waals surface area contributed by atoms with Crippen molar-refractivity contribution in [3.05, 3.63) is 114 Å². The van der Waals surface area contributed by atoms with Crippen molar-refractivity contribution in [1.29, 1.82) is 0 Å². The highest BCUT2D eigenvalue weighted by molar-refractivity contribution is 9.11. The molecule has 2 N–H and O–H groups in total. The van der Waals surface area contributed by atoms with E-state index in [4.69, 9.17) is 9.97 Å². The standard InChI is InChI=1S/C38H32Br2N4/c1-19-15-21(3)33(22(4)16-19)35-25-7-11-29(41-25)37(39)31-13-9-27(43-31)36(34-23(5)17-20(2)18-24(34)6)28-10-14-32(44-28)38(40)30-12-8-26(35)42-30/h7-18,41,44H,1-6H3. The van der Waals surface area contributed by atoms with E-state index in [2.05, 4.69) is 156 Å². The average molecular weight is 705 g/mol. The highest BCUT2D eigenvalue weighted by Crippen LogP contribution is 2.39. The maximum absolute atomic E-state index is 5.20. The van der Waals surface area contributed by atoms with Gasteiger partial charge in [-0.2, -0.15) is 0 Å². The largest absolute Gasteiger partial charge is 0.354 e. The summed E-state index contributed by atoms with van der Waals surface area (Å²) in [5.74, 6) is 0. The van der Waals surface area contributed by atoms with Gasteiger partial charge in [-0.3, -0.25) is 0 Å². The number of aromatic nitrogens is 4. The van der Waals surface area contributed by atoms with Crippen molar-refractivity contribution in [3.8, 4) is 22.3 Å². The quantitative estimate of drug-likeness (QED) is 0.188. The van der Waals surface area contributed by atoms with E-state index in [1.165, 1.54) is 44.5 Å². The van der Waals surface area contributed by atoms with Crippen LogP contribution in [0.5, 0.6) is 0 Å². The molecule has 0 atom stereocenters. The molecule has 0 unspecified atom stereocenters. The van der Waals surface area contributed by atoms with Gasteiger partial charge in [-0.1, -0.05) is 35.4 Å². The van der Waals surface area contributed by atoms with Gasteiger partial charge in [-0.25, -0.2) is 9.97 Å². The molecule has 0 amide bonds. The van der Waals surface area contributed by atoms with Gasteiger partial charge in [0, 0.05) is 22.2 Å². The maximum Gasteiger partial charge on any atom is 0.0801 e. The Morgan fingerprint density at radius 1 is 0.432 bits per heavy atom. The van der Waals surface area contributed by atoms with Crippen LogP contribution in [0.4, 0.5) is 0 Å². The van der Waals surface area contributed by atoms with Crippen molar-refractivity contribution >= 4 is 78.2 Å². The maximum atomic E-state index is 5.20. The Kier molecular flexibility index (Phi) is 7.10. The fraction of sp³-hybridized carbons (Fsp3) is 0.158. The first kappa shape index (κ1) is 28.8. The molecule has 2 aliphatic rings. The Morgan fingerprint density at radius 3 is 1.11 bits per heavy atom. The van der Waals surface area contributed by atoms with Gasteiger partial charge in [0.15, 0.2) is 0 Å². The van der Waals surface area contributed by atoms with E-state index in [1.807, 2.05) is 0 Å². The van der Waals surface area contributed by atoms with Crippen LogP contribution in [0.15, 0.2) is 57.5 Å². The Balaban J connectivity index is 1.65. The number of aryl methyl sites for hydroxylation is 6. The summed E-state index contributed by atoms with van der Waals surface area (Å²) < 4.78 is 1.82. The Morgan fingerprint density at radius 2 is 0.750 bits per heavy atom. The molecule has 44 heavy (non-hydrogen) atoms. The van der Waals surface area contributed by atoms with E-state index in [-0.39, 0.29) is 0 Å². The van der Waals surface area contributed by atoms with Crippen LogP contribution < -0.4 is 0 Å². The third-order valence-electron chi connectivity index (χ3n) is 8.48. The molecule has 6 heteroatoms. The van der Waals surface area contributed by atoms with Crippen LogP contribution in [-0.4, -0.2) is 19.9 Å². The predicted octanol–water partition coefficient (Wildman–Crippen LogP) is 11.4. The molecule has 0 aliphatic carbocycles. The third kappa shape index (κ3) is 4.81. The Hall–Kier alpha value is -4.00. The predicted molar refractivity (Wildman–Crippen MR) is 194 cm³/mol. The van der Waals surface area contributed by atoms with Gasteiger partial charge in [0.25, 0.3) is 0 Å². The molecular formula is C38H32Br2N4. The molecule has 4 nitrogen and oxygen atoms in total. The van der Waals surface area contributed by atoms with E-state index in [1.54, 1.807) is 0 Å². The first-order valence-electron chi connectivity index (χ1n) is 14.7. The molecule has 218 valence electrons. The van der Waals surface area contributed by atoms with Crippen LogP contribution in [0.2, 0.25) is 0 Å². The van der Waals surface area contributed by atoms with Gasteiger partial charge in [0.2, 0.25) is 0 Å². The summed E-state index contributed by atoms with van der Waals surface area (Å²) in [6, 6.07) is 17.5. The summed E-state index contributed by atoms with van der Waals surface area (Å²) in [4.78, 5) is 17.8. The molecule has 3 aromatic heterocycles. The lowest BCUT2D eigenvalue weighted by Crippen LogP contribution is -1.94. The minimum Gasteiger partial charge on any atom is -0.354 e. The number of benzene rings is 2. The average Bonchev–Trinajstić information content (AvgIpc) is 3.78. The van der Waals surface area contributed by atoms with Gasteiger partial charge in [0.05, 0.1) is 42.8 Å². The smallest absolute Gasteiger partial charge is 0.0801 e. The van der Waals surface area contributed by atoms with Crippen molar-refractivity contribution in [2.75, 3.05) is 0 Å². The number of H-pyrrole nitrogens is 2. The number of hydrogen-bond donors (Lipinski definition) is 2. The minimum atomic E-state index is 0.873. The number of hydrogen-bond acceptors (Lipinski definition) is 2. The number of nitrogens with one attached hydrogen (secondary N) is 2. The lowest BCUT2D eigenvalue weighted by atomic mass is 9.92. The molecule has 5 heterocycles. The van der Waals surface area contributed by atoms with E-state index >= 15 is 0 Å². The van der Waals surface area contributed by atoms with Crippen LogP contribution in [-0.2, 0) is 0 Å². The fourth-order valence-electron chi connectivity index (χ4n) is 6.81. The normalized spacial score (nSPS) is 12.4. The fourth-order valence-corrected chi connectivity index (χ4v) is 7.72. The molecule has 8 bridgehead atoms. The zero-order valence-corrected chi connectivity index (χ0v) is 28.8. The first-order chi connectivity index (χ1) is 21.1. The molecule has 0 radical (unpaired) electrons. The zero-order valence-electron chi connectivity index (χ0n) is 25.6. The Bertz CT molecular complexity index is 2060. The highest BCUT2D eigenvalue weighted by atomic mass is 79.9. The van der Waals surface area contributed by atoms with Crippen molar-refractivity contribution in [2.24, 2.45) is 0 Å². The van der Waals surface area contributed by atoms with E-state index in [0.29, 0.717) is 0 Å². The molecule has 0 saturated heterocycles. The molecule has 0 saturated carbocycles. The van der Waals surface area contributed by atoms with Crippen LogP contribution in [0.25, 0.3) is 68.6 Å².